The highest BCUT2D eigenvalue weighted by Crippen LogP contribution is 2.12. The largest absolute Gasteiger partial charge is 0.396 e. The minimum atomic E-state index is 0.361. The van der Waals surface area contributed by atoms with Gasteiger partial charge in [-0.2, -0.15) is 0 Å². The molecule has 0 aromatic rings. The van der Waals surface area contributed by atoms with Crippen LogP contribution in [-0.2, 0) is 0 Å². The van der Waals surface area contributed by atoms with Gasteiger partial charge in [0.05, 0.1) is 0 Å². The molecule has 0 radical (unpaired) electrons. The van der Waals surface area contributed by atoms with E-state index in [-0.39, 0.29) is 0 Å². The summed E-state index contributed by atoms with van der Waals surface area (Å²) in [5, 5.41) is 17.6. The van der Waals surface area contributed by atoms with Crippen molar-refractivity contribution in [1.29, 1.82) is 0 Å². The lowest BCUT2D eigenvalue weighted by atomic mass is 10.1. The van der Waals surface area contributed by atoms with Crippen molar-refractivity contribution in [2.45, 2.75) is 142 Å². The molecule has 0 heterocycles. The number of nitrogens with zero attached hydrogens (tertiary/aromatic N) is 2. The molecule has 206 valence electrons. The van der Waals surface area contributed by atoms with Gasteiger partial charge in [0.2, 0.25) is 0 Å². The van der Waals surface area contributed by atoms with Gasteiger partial charge >= 0.3 is 0 Å². The second-order valence-electron chi connectivity index (χ2n) is 10.4. The molecular formula is C30H64N2O2. The molecule has 0 aromatic heterocycles. The van der Waals surface area contributed by atoms with Gasteiger partial charge in [-0.3, -0.25) is 0 Å². The summed E-state index contributed by atoms with van der Waals surface area (Å²) in [7, 11) is 0. The Hall–Kier alpha value is -0.160. The van der Waals surface area contributed by atoms with E-state index in [1.165, 1.54) is 155 Å². The van der Waals surface area contributed by atoms with Crippen LogP contribution >= 0.6 is 0 Å². The molecule has 0 atom stereocenters. The number of aliphatic hydroxyl groups excluding tert-OH is 2. The summed E-state index contributed by atoms with van der Waals surface area (Å²) in [4.78, 5) is 5.31. The van der Waals surface area contributed by atoms with Crippen molar-refractivity contribution in [2.75, 3.05) is 52.5 Å². The Bertz CT molecular complexity index is 334. The molecule has 34 heavy (non-hydrogen) atoms. The first-order chi connectivity index (χ1) is 16.8. The number of rotatable bonds is 29. The maximum Gasteiger partial charge on any atom is 0.0431 e. The lowest BCUT2D eigenvalue weighted by molar-refractivity contribution is 0.209. The second kappa shape index (κ2) is 29.1. The van der Waals surface area contributed by atoms with Crippen LogP contribution in [0, 0.1) is 0 Å². The van der Waals surface area contributed by atoms with Crippen LogP contribution in [0.5, 0.6) is 0 Å². The van der Waals surface area contributed by atoms with Crippen LogP contribution in [0.4, 0.5) is 0 Å². The zero-order valence-corrected chi connectivity index (χ0v) is 23.6. The van der Waals surface area contributed by atoms with Gasteiger partial charge in [0.25, 0.3) is 0 Å². The predicted molar refractivity (Wildman–Crippen MR) is 151 cm³/mol. The summed E-state index contributed by atoms with van der Waals surface area (Å²) >= 11 is 0. The Morgan fingerprint density at radius 3 is 0.794 bits per heavy atom. The molecule has 0 saturated carbocycles. The van der Waals surface area contributed by atoms with E-state index in [4.69, 9.17) is 10.2 Å². The average Bonchev–Trinajstić information content (AvgIpc) is 2.86. The van der Waals surface area contributed by atoms with E-state index in [0.717, 1.165) is 12.8 Å². The van der Waals surface area contributed by atoms with Gasteiger partial charge in [-0.15, -0.1) is 0 Å². The zero-order chi connectivity index (χ0) is 25.0. The van der Waals surface area contributed by atoms with Gasteiger partial charge in [-0.1, -0.05) is 117 Å². The van der Waals surface area contributed by atoms with Crippen molar-refractivity contribution < 1.29 is 10.2 Å². The molecule has 0 spiro atoms. The van der Waals surface area contributed by atoms with Gasteiger partial charge in [-0.05, 0) is 51.9 Å². The fourth-order valence-corrected chi connectivity index (χ4v) is 4.86. The molecule has 0 aliphatic heterocycles. The third-order valence-electron chi connectivity index (χ3n) is 7.39. The summed E-state index contributed by atoms with van der Waals surface area (Å²) in [6, 6.07) is 0. The highest BCUT2D eigenvalue weighted by Gasteiger charge is 2.07. The molecule has 0 aliphatic carbocycles. The van der Waals surface area contributed by atoms with Gasteiger partial charge in [0, 0.05) is 26.3 Å². The molecule has 2 N–H and O–H groups in total. The Kier molecular flexibility index (Phi) is 28.9. The fourth-order valence-electron chi connectivity index (χ4n) is 4.86. The quantitative estimate of drug-likeness (QED) is 0.108. The minimum Gasteiger partial charge on any atom is -0.396 e. The van der Waals surface area contributed by atoms with E-state index in [9.17, 15) is 0 Å². The van der Waals surface area contributed by atoms with Crippen molar-refractivity contribution in [2.24, 2.45) is 0 Å². The standard InChI is InChI=1S/C30H64N2O2/c1-3-31(25-21-17-13-9-5-7-11-15-19-23-29-33)27-28-32(4-2)26-22-18-14-10-6-8-12-16-20-24-30-34/h33-34H,3-30H2,1-2H3. The first-order valence-electron chi connectivity index (χ1n) is 15.4. The van der Waals surface area contributed by atoms with E-state index in [2.05, 4.69) is 23.6 Å². The molecule has 4 nitrogen and oxygen atoms in total. The lowest BCUT2D eigenvalue weighted by Gasteiger charge is -2.26. The first-order valence-corrected chi connectivity index (χ1v) is 15.4. The van der Waals surface area contributed by atoms with Crippen molar-refractivity contribution in [1.82, 2.24) is 9.80 Å². The summed E-state index contributed by atoms with van der Waals surface area (Å²) in [5.41, 5.74) is 0. The predicted octanol–water partition coefficient (Wildman–Crippen LogP) is 7.42. The van der Waals surface area contributed by atoms with Crippen LogP contribution in [0.3, 0.4) is 0 Å². The topological polar surface area (TPSA) is 46.9 Å². The van der Waals surface area contributed by atoms with E-state index in [1.807, 2.05) is 0 Å². The molecule has 0 bridgehead atoms. The molecule has 4 heteroatoms. The fraction of sp³-hybridized carbons (Fsp3) is 1.00. The summed E-state index contributed by atoms with van der Waals surface area (Å²) in [6.45, 7) is 12.7. The zero-order valence-electron chi connectivity index (χ0n) is 23.6. The van der Waals surface area contributed by atoms with Crippen LogP contribution in [0.2, 0.25) is 0 Å². The van der Waals surface area contributed by atoms with Crippen molar-refractivity contribution in [3.63, 3.8) is 0 Å². The van der Waals surface area contributed by atoms with Gasteiger partial charge in [-0.25, -0.2) is 0 Å². The Labute approximate surface area is 214 Å². The molecule has 0 amide bonds. The lowest BCUT2D eigenvalue weighted by Crippen LogP contribution is -2.36. The van der Waals surface area contributed by atoms with E-state index in [0.29, 0.717) is 13.2 Å². The van der Waals surface area contributed by atoms with E-state index in [1.54, 1.807) is 0 Å². The molecule has 0 rings (SSSR count). The van der Waals surface area contributed by atoms with Crippen LogP contribution in [0.15, 0.2) is 0 Å². The van der Waals surface area contributed by atoms with Crippen LogP contribution < -0.4 is 0 Å². The van der Waals surface area contributed by atoms with Crippen molar-refractivity contribution >= 4 is 0 Å². The van der Waals surface area contributed by atoms with Gasteiger partial charge < -0.3 is 20.0 Å². The monoisotopic (exact) mass is 484 g/mol. The summed E-state index contributed by atoms with van der Waals surface area (Å²) < 4.78 is 0. The number of aliphatic hydroxyl groups is 2. The summed E-state index contributed by atoms with van der Waals surface area (Å²) in [6.07, 6.45) is 26.3. The second-order valence-corrected chi connectivity index (χ2v) is 10.4. The highest BCUT2D eigenvalue weighted by molar-refractivity contribution is 4.63. The molecule has 0 unspecified atom stereocenters. The Balaban J connectivity index is 3.55. The average molecular weight is 485 g/mol. The SMILES string of the molecule is CCN(CCCCCCCCCCCCO)CCN(CC)CCCCCCCCCCCCO. The van der Waals surface area contributed by atoms with Crippen molar-refractivity contribution in [3.8, 4) is 0 Å². The van der Waals surface area contributed by atoms with Gasteiger partial charge in [0.1, 0.15) is 0 Å². The van der Waals surface area contributed by atoms with Crippen LogP contribution in [0.1, 0.15) is 142 Å². The number of unbranched alkanes of at least 4 members (excludes halogenated alkanes) is 18. The summed E-state index contributed by atoms with van der Waals surface area (Å²) in [5.74, 6) is 0. The molecule has 0 aromatic carbocycles. The Morgan fingerprint density at radius 2 is 0.559 bits per heavy atom. The van der Waals surface area contributed by atoms with E-state index >= 15 is 0 Å². The first kappa shape index (κ1) is 33.8. The molecular weight excluding hydrogens is 420 g/mol. The van der Waals surface area contributed by atoms with E-state index < -0.39 is 0 Å². The number of hydrogen-bond acceptors (Lipinski definition) is 4. The van der Waals surface area contributed by atoms with Crippen LogP contribution in [0.25, 0.3) is 0 Å². The minimum absolute atomic E-state index is 0.361. The normalized spacial score (nSPS) is 11.8. The van der Waals surface area contributed by atoms with Crippen molar-refractivity contribution in [3.05, 3.63) is 0 Å². The molecule has 0 aliphatic rings. The smallest absolute Gasteiger partial charge is 0.0431 e. The maximum absolute atomic E-state index is 8.81. The molecule has 0 saturated heterocycles. The van der Waals surface area contributed by atoms with Crippen LogP contribution in [-0.4, -0.2) is 72.5 Å². The van der Waals surface area contributed by atoms with Gasteiger partial charge in [0.15, 0.2) is 0 Å². The maximum atomic E-state index is 8.81. The number of likely N-dealkylation sites (N-methyl/N-ethyl adjacent to an activating group) is 2. The highest BCUT2D eigenvalue weighted by atomic mass is 16.3. The third-order valence-corrected chi connectivity index (χ3v) is 7.39. The number of hydrogen-bond donors (Lipinski definition) is 2. The molecule has 0 fully saturated rings. The Morgan fingerprint density at radius 1 is 0.324 bits per heavy atom. The third kappa shape index (κ3) is 24.9.